The lowest BCUT2D eigenvalue weighted by molar-refractivity contribution is -0.143. The predicted molar refractivity (Wildman–Crippen MR) is 299 cm³/mol. The Morgan fingerprint density at radius 2 is 1.26 bits per heavy atom. The number of likely N-dealkylation sites (tertiary alicyclic amines) is 1. The van der Waals surface area contributed by atoms with Gasteiger partial charge in [-0.05, 0) is 88.6 Å². The lowest BCUT2D eigenvalue weighted by atomic mass is 9.96. The number of aromatic hydroxyl groups is 1. The maximum Gasteiger partial charge on any atom is 0.326 e. The number of nitrogens with zero attached hydrogens (tertiary/aromatic N) is 4. The van der Waals surface area contributed by atoms with Crippen molar-refractivity contribution in [2.24, 2.45) is 44.8 Å². The van der Waals surface area contributed by atoms with E-state index in [2.05, 4.69) is 65.1 Å². The molecule has 0 radical (unpaired) electrons. The van der Waals surface area contributed by atoms with Crippen molar-refractivity contribution in [3.05, 3.63) is 29.8 Å². The first-order chi connectivity index (χ1) is 37.7. The molecule has 29 nitrogen and oxygen atoms in total. The average molecular weight is 1150 g/mol. The number of amides is 9. The second-order valence-corrected chi connectivity index (χ2v) is 20.5. The van der Waals surface area contributed by atoms with Gasteiger partial charge in [0.2, 0.25) is 53.2 Å². The van der Waals surface area contributed by atoms with Crippen molar-refractivity contribution >= 4 is 83.7 Å². The van der Waals surface area contributed by atoms with E-state index in [0.717, 1.165) is 0 Å². The van der Waals surface area contributed by atoms with Gasteiger partial charge in [0.25, 0.3) is 0 Å². The highest BCUT2D eigenvalue weighted by molar-refractivity contribution is 7.80. The minimum atomic E-state index is -1.41. The van der Waals surface area contributed by atoms with Gasteiger partial charge in [0.15, 0.2) is 11.9 Å². The predicted octanol–water partition coefficient (Wildman–Crippen LogP) is -4.80. The number of carboxylic acids is 1. The Morgan fingerprint density at radius 3 is 1.80 bits per heavy atom. The van der Waals surface area contributed by atoms with Gasteiger partial charge in [-0.3, -0.25) is 53.1 Å². The van der Waals surface area contributed by atoms with E-state index in [1.165, 1.54) is 34.1 Å². The third kappa shape index (κ3) is 24.7. The van der Waals surface area contributed by atoms with Gasteiger partial charge in [-0.1, -0.05) is 46.2 Å². The van der Waals surface area contributed by atoms with Crippen LogP contribution in [0.2, 0.25) is 0 Å². The molecule has 448 valence electrons. The van der Waals surface area contributed by atoms with E-state index < -0.39 is 127 Å². The number of aliphatic hydroxyl groups excluding tert-OH is 1. The Balaban J connectivity index is 2.43. The fourth-order valence-electron chi connectivity index (χ4n) is 8.29. The zero-order valence-corrected chi connectivity index (χ0v) is 47.3. The molecule has 0 spiro atoms. The molecule has 1 aromatic rings. The number of carbonyl (C=O) groups excluding carboxylic acids is 9. The van der Waals surface area contributed by atoms with Crippen LogP contribution in [0.5, 0.6) is 5.75 Å². The van der Waals surface area contributed by atoms with Crippen molar-refractivity contribution in [2.75, 3.05) is 59.2 Å². The normalized spacial score (nSPS) is 16.0. The summed E-state index contributed by atoms with van der Waals surface area (Å²) in [4.78, 5) is 146. The van der Waals surface area contributed by atoms with Crippen molar-refractivity contribution < 1.29 is 63.3 Å². The summed E-state index contributed by atoms with van der Waals surface area (Å²) in [6, 6.07) is -4.65. The third-order valence-electron chi connectivity index (χ3n) is 12.7. The molecule has 80 heavy (non-hydrogen) atoms. The fourth-order valence-corrected chi connectivity index (χ4v) is 8.54. The molecule has 0 saturated carbocycles. The third-order valence-corrected chi connectivity index (χ3v) is 13.0. The van der Waals surface area contributed by atoms with Gasteiger partial charge < -0.3 is 90.6 Å². The molecule has 9 atom stereocenters. The summed E-state index contributed by atoms with van der Waals surface area (Å²) in [7, 11) is 3.25. The van der Waals surface area contributed by atoms with Crippen LogP contribution in [-0.2, 0) is 54.4 Å². The number of thiol groups is 1. The van der Waals surface area contributed by atoms with Crippen molar-refractivity contribution in [3.63, 3.8) is 0 Å². The number of phenols is 1. The highest BCUT2D eigenvalue weighted by Gasteiger charge is 2.40. The first kappa shape index (κ1) is 68.6. The molecule has 2 rings (SSSR count). The molecule has 0 aliphatic carbocycles. The number of hydrogen-bond donors (Lipinski definition) is 16. The van der Waals surface area contributed by atoms with Gasteiger partial charge in [-0.15, -0.1) is 0 Å². The highest BCUT2D eigenvalue weighted by Crippen LogP contribution is 2.22. The first-order valence-electron chi connectivity index (χ1n) is 26.4. The number of carboxylic acid groups (broad SMARTS) is 1. The van der Waals surface area contributed by atoms with E-state index in [-0.39, 0.29) is 100 Å². The number of benzene rings is 1. The number of nitrogens with one attached hydrogen (secondary N) is 8. The van der Waals surface area contributed by atoms with Crippen LogP contribution in [0, 0.1) is 11.8 Å². The molecular weight excluding hydrogens is 1060 g/mol. The Morgan fingerprint density at radius 1 is 0.713 bits per heavy atom. The summed E-state index contributed by atoms with van der Waals surface area (Å²) in [5.41, 5.74) is 22.6. The van der Waals surface area contributed by atoms with Crippen LogP contribution in [0.4, 0.5) is 0 Å². The van der Waals surface area contributed by atoms with Crippen LogP contribution in [0.25, 0.3) is 0 Å². The van der Waals surface area contributed by atoms with E-state index in [1.807, 2.05) is 0 Å². The summed E-state index contributed by atoms with van der Waals surface area (Å²) in [6.45, 7) is 5.59. The van der Waals surface area contributed by atoms with Gasteiger partial charge in [0.1, 0.15) is 54.1 Å². The van der Waals surface area contributed by atoms with E-state index >= 15 is 0 Å². The minimum Gasteiger partial charge on any atom is -0.508 e. The van der Waals surface area contributed by atoms with E-state index in [0.29, 0.717) is 18.4 Å². The summed E-state index contributed by atoms with van der Waals surface area (Å²) in [5, 5.41) is 49.9. The number of guanidine groups is 2. The van der Waals surface area contributed by atoms with E-state index in [1.54, 1.807) is 41.8 Å². The van der Waals surface area contributed by atoms with Gasteiger partial charge >= 0.3 is 5.97 Å². The zero-order chi connectivity index (χ0) is 60.2. The monoisotopic (exact) mass is 1150 g/mol. The number of nitrogens with two attached hydrogens (primary N) is 4. The second-order valence-electron chi connectivity index (χ2n) is 20.1. The standard InChI is InChI=1S/C50H84N16O13S/c1-7-28(4)40(46(76)62-34(48(78)79)21-27(2)3)64-43(73)33(22-29-14-16-30(68)17-15-29)61-45(75)37-13-10-20-66(37)47(77)32(12-9-19-56-50(53)54)60-42(72)31(11-8-18-55-49(51)52)58-38(69)23-57-41(71)36(26-80)63-44(74)35(25-67)59-39(70)24-65(5)6/h14-17,27-28,31-37,40,67-68,80H,7-13,18-26H2,1-6H3,(H,57,71)(H,58,69)(H,59,70)(H,60,72)(H,61,75)(H,62,76)(H,63,74)(H,64,73)(H,78,79)(H4,51,52,55)(H4,53,54,56)/t28-,31-,32-,33-,34-,35-,36-,37-,40-/m0/s1. The Labute approximate surface area is 471 Å². The summed E-state index contributed by atoms with van der Waals surface area (Å²) in [6.07, 6.45) is 0.946. The number of carbonyl (C=O) groups is 10. The second kappa shape index (κ2) is 35.2. The quantitative estimate of drug-likeness (QED) is 0.0131. The summed E-state index contributed by atoms with van der Waals surface area (Å²) in [5.74, 6) is -9.69. The number of aliphatic imine (C=N–C) groups is 2. The molecule has 1 heterocycles. The van der Waals surface area contributed by atoms with Crippen molar-refractivity contribution in [1.82, 2.24) is 52.3 Å². The molecule has 0 aromatic heterocycles. The first-order valence-corrected chi connectivity index (χ1v) is 27.0. The molecular formula is C50H84N16O13S. The highest BCUT2D eigenvalue weighted by atomic mass is 32.1. The van der Waals surface area contributed by atoms with E-state index in [9.17, 15) is 63.3 Å². The lowest BCUT2D eigenvalue weighted by Crippen LogP contribution is -2.60. The van der Waals surface area contributed by atoms with Crippen molar-refractivity contribution in [3.8, 4) is 5.75 Å². The molecule has 9 amide bonds. The van der Waals surface area contributed by atoms with Crippen LogP contribution >= 0.6 is 12.6 Å². The van der Waals surface area contributed by atoms with Crippen molar-refractivity contribution in [1.29, 1.82) is 0 Å². The molecule has 30 heteroatoms. The molecule has 1 fully saturated rings. The minimum absolute atomic E-state index is 0.0264. The maximum atomic E-state index is 14.7. The molecule has 0 unspecified atom stereocenters. The molecule has 0 bridgehead atoms. The van der Waals surface area contributed by atoms with E-state index in [4.69, 9.17) is 22.9 Å². The topological polar surface area (TPSA) is 463 Å². The SMILES string of the molecule is CC[C@H](C)[C@H](NC(=O)[C@H](Cc1ccc(O)cc1)NC(=O)[C@@H]1CCCN1C(=O)[C@H](CCCN=C(N)N)NC(=O)[C@H](CCCN=C(N)N)NC(=O)CNC(=O)[C@H](CS)NC(=O)[C@H](CO)NC(=O)CN(C)C)C(=O)N[C@@H](CC(C)C)C(=O)O. The maximum absolute atomic E-state index is 14.7. The number of aliphatic carboxylic acids is 1. The zero-order valence-electron chi connectivity index (χ0n) is 46.4. The summed E-state index contributed by atoms with van der Waals surface area (Å²) < 4.78 is 0. The number of phenolic OH excluding ortho intramolecular Hbond substituents is 1. The van der Waals surface area contributed by atoms with Crippen LogP contribution < -0.4 is 65.5 Å². The lowest BCUT2D eigenvalue weighted by Gasteiger charge is -2.31. The number of rotatable bonds is 35. The Bertz CT molecular complexity index is 2320. The Hall–Kier alpha value is -7.47. The van der Waals surface area contributed by atoms with Crippen LogP contribution in [0.3, 0.4) is 0 Å². The molecule has 1 aromatic carbocycles. The van der Waals surface area contributed by atoms with Crippen LogP contribution in [-0.4, -0.2) is 204 Å². The number of likely N-dealkylation sites (N-methyl/N-ethyl adjacent to an activating group) is 1. The number of aliphatic hydroxyl groups is 1. The van der Waals surface area contributed by atoms with Gasteiger partial charge in [-0.2, -0.15) is 12.6 Å². The van der Waals surface area contributed by atoms with Gasteiger partial charge in [0.05, 0.1) is 19.7 Å². The van der Waals surface area contributed by atoms with Crippen LogP contribution in [0.15, 0.2) is 34.3 Å². The fraction of sp³-hybridized carbons (Fsp3) is 0.640. The van der Waals surface area contributed by atoms with Gasteiger partial charge in [-0.25, -0.2) is 4.79 Å². The molecule has 1 saturated heterocycles. The van der Waals surface area contributed by atoms with Crippen LogP contribution in [0.1, 0.15) is 84.6 Å². The Kier molecular flexibility index (Phi) is 30.2. The molecule has 19 N–H and O–H groups in total. The largest absolute Gasteiger partial charge is 0.508 e. The molecule has 1 aliphatic heterocycles. The molecule has 1 aliphatic rings. The van der Waals surface area contributed by atoms with Crippen molar-refractivity contribution in [2.45, 2.75) is 134 Å². The van der Waals surface area contributed by atoms with Gasteiger partial charge in [0, 0.05) is 31.8 Å². The average Bonchev–Trinajstić information content (AvgIpc) is 3.89. The summed E-state index contributed by atoms with van der Waals surface area (Å²) >= 11 is 4.12. The smallest absolute Gasteiger partial charge is 0.326 e. The number of hydrogen-bond acceptors (Lipinski definition) is 16.